The number of ether oxygens (including phenoxy) is 1. The van der Waals surface area contributed by atoms with E-state index in [0.29, 0.717) is 26.2 Å². The molecule has 1 heterocycles. The summed E-state index contributed by atoms with van der Waals surface area (Å²) in [6, 6.07) is 8.41. The van der Waals surface area contributed by atoms with Crippen LogP contribution in [0.1, 0.15) is 26.3 Å². The lowest BCUT2D eigenvalue weighted by Crippen LogP contribution is -2.51. The molecular formula is C21H29N3O5. The van der Waals surface area contributed by atoms with Crippen LogP contribution in [0.15, 0.2) is 30.3 Å². The molecule has 1 fully saturated rings. The first-order valence-corrected chi connectivity index (χ1v) is 9.81. The average molecular weight is 403 g/mol. The van der Waals surface area contributed by atoms with E-state index >= 15 is 0 Å². The average Bonchev–Trinajstić information content (AvgIpc) is 2.70. The van der Waals surface area contributed by atoms with Gasteiger partial charge in [-0.1, -0.05) is 44.2 Å². The van der Waals surface area contributed by atoms with Crippen LogP contribution >= 0.6 is 0 Å². The molecule has 0 spiro atoms. The molecule has 1 N–H and O–H groups in total. The summed E-state index contributed by atoms with van der Waals surface area (Å²) >= 11 is 0. The Morgan fingerprint density at radius 3 is 2.14 bits per heavy atom. The minimum Gasteiger partial charge on any atom is -0.454 e. The lowest BCUT2D eigenvalue weighted by molar-refractivity contribution is -0.156. The fourth-order valence-electron chi connectivity index (χ4n) is 3.09. The Hall–Kier alpha value is -2.90. The molecule has 29 heavy (non-hydrogen) atoms. The van der Waals surface area contributed by atoms with Gasteiger partial charge in [0.15, 0.2) is 6.61 Å². The van der Waals surface area contributed by atoms with Gasteiger partial charge < -0.3 is 19.9 Å². The molecule has 1 saturated heterocycles. The molecule has 8 heteroatoms. The van der Waals surface area contributed by atoms with Gasteiger partial charge in [0.2, 0.25) is 11.8 Å². The summed E-state index contributed by atoms with van der Waals surface area (Å²) in [5, 5.41) is 2.70. The molecular weight excluding hydrogens is 374 g/mol. The van der Waals surface area contributed by atoms with Crippen LogP contribution in [0, 0.1) is 5.92 Å². The van der Waals surface area contributed by atoms with Gasteiger partial charge in [-0.15, -0.1) is 0 Å². The van der Waals surface area contributed by atoms with Crippen molar-refractivity contribution in [3.8, 4) is 0 Å². The van der Waals surface area contributed by atoms with E-state index in [1.165, 1.54) is 6.92 Å². The molecule has 1 aliphatic heterocycles. The van der Waals surface area contributed by atoms with Gasteiger partial charge in [-0.25, -0.2) is 4.79 Å². The number of benzene rings is 1. The third-order valence-corrected chi connectivity index (χ3v) is 4.86. The first-order chi connectivity index (χ1) is 13.8. The van der Waals surface area contributed by atoms with E-state index in [9.17, 15) is 19.2 Å². The van der Waals surface area contributed by atoms with Crippen molar-refractivity contribution in [3.05, 3.63) is 35.9 Å². The summed E-state index contributed by atoms with van der Waals surface area (Å²) in [5.41, 5.74) is 0.848. The summed E-state index contributed by atoms with van der Waals surface area (Å²) in [6.07, 6.45) is 0.163. The van der Waals surface area contributed by atoms with E-state index in [1.807, 2.05) is 30.3 Å². The Morgan fingerprint density at radius 2 is 1.59 bits per heavy atom. The van der Waals surface area contributed by atoms with E-state index in [4.69, 9.17) is 4.74 Å². The van der Waals surface area contributed by atoms with E-state index < -0.39 is 12.0 Å². The second kappa shape index (κ2) is 10.6. The monoisotopic (exact) mass is 403 g/mol. The van der Waals surface area contributed by atoms with Crippen molar-refractivity contribution >= 4 is 23.7 Å². The molecule has 0 aromatic heterocycles. The molecule has 0 bridgehead atoms. The Balaban J connectivity index is 1.82. The second-order valence-corrected chi connectivity index (χ2v) is 7.45. The number of piperazine rings is 1. The second-order valence-electron chi connectivity index (χ2n) is 7.45. The number of carbonyl (C=O) groups excluding carboxylic acids is 4. The molecule has 0 unspecified atom stereocenters. The van der Waals surface area contributed by atoms with Crippen molar-refractivity contribution < 1.29 is 23.9 Å². The zero-order valence-electron chi connectivity index (χ0n) is 17.2. The summed E-state index contributed by atoms with van der Waals surface area (Å²) in [4.78, 5) is 51.6. The van der Waals surface area contributed by atoms with Crippen LogP contribution in [0.4, 0.5) is 0 Å². The standard InChI is InChI=1S/C21H29N3O5/c1-15(2)20(22-18(26)13-17-7-5-4-6-8-17)21(28)29-14-19(27)24-11-9-23(10-12-24)16(3)25/h4-8,15,20H,9-14H2,1-3H3,(H,22,26)/t20-/m0/s1. The van der Waals surface area contributed by atoms with Crippen LogP contribution in [0.2, 0.25) is 0 Å². The smallest absolute Gasteiger partial charge is 0.329 e. The number of carbonyl (C=O) groups is 4. The number of hydrogen-bond donors (Lipinski definition) is 1. The van der Waals surface area contributed by atoms with Gasteiger partial charge in [-0.2, -0.15) is 0 Å². The van der Waals surface area contributed by atoms with Crippen molar-refractivity contribution in [2.75, 3.05) is 32.8 Å². The maximum absolute atomic E-state index is 12.4. The van der Waals surface area contributed by atoms with Gasteiger partial charge in [-0.05, 0) is 11.5 Å². The number of rotatable bonds is 7. The van der Waals surface area contributed by atoms with Crippen molar-refractivity contribution in [2.24, 2.45) is 5.92 Å². The normalized spacial score (nSPS) is 15.0. The molecule has 3 amide bonds. The molecule has 1 atom stereocenters. The highest BCUT2D eigenvalue weighted by molar-refractivity contribution is 5.87. The zero-order valence-corrected chi connectivity index (χ0v) is 17.2. The minimum atomic E-state index is -0.825. The Labute approximate surface area is 171 Å². The topological polar surface area (TPSA) is 96.0 Å². The fraction of sp³-hybridized carbons (Fsp3) is 0.524. The molecule has 8 nitrogen and oxygen atoms in total. The van der Waals surface area contributed by atoms with E-state index in [2.05, 4.69) is 5.32 Å². The quantitative estimate of drug-likeness (QED) is 0.673. The minimum absolute atomic E-state index is 0.0189. The first kappa shape index (κ1) is 22.4. The molecule has 158 valence electrons. The highest BCUT2D eigenvalue weighted by atomic mass is 16.5. The molecule has 0 saturated carbocycles. The molecule has 1 aromatic rings. The maximum Gasteiger partial charge on any atom is 0.329 e. The SMILES string of the molecule is CC(=O)N1CCN(C(=O)COC(=O)[C@@H](NC(=O)Cc2ccccc2)C(C)C)CC1. The van der Waals surface area contributed by atoms with Gasteiger partial charge in [-0.3, -0.25) is 14.4 Å². The van der Waals surface area contributed by atoms with E-state index in [0.717, 1.165) is 5.56 Å². The summed E-state index contributed by atoms with van der Waals surface area (Å²) < 4.78 is 5.18. The molecule has 0 aliphatic carbocycles. The molecule has 0 radical (unpaired) electrons. The number of esters is 1. The Morgan fingerprint density at radius 1 is 1.00 bits per heavy atom. The van der Waals surface area contributed by atoms with Crippen molar-refractivity contribution in [3.63, 3.8) is 0 Å². The van der Waals surface area contributed by atoms with Gasteiger partial charge in [0.1, 0.15) is 6.04 Å². The van der Waals surface area contributed by atoms with Crippen molar-refractivity contribution in [1.82, 2.24) is 15.1 Å². The summed E-state index contributed by atoms with van der Waals surface area (Å²) in [7, 11) is 0. The highest BCUT2D eigenvalue weighted by Crippen LogP contribution is 2.07. The molecule has 1 aromatic carbocycles. The number of amides is 3. The lowest BCUT2D eigenvalue weighted by atomic mass is 10.0. The van der Waals surface area contributed by atoms with Crippen molar-refractivity contribution in [1.29, 1.82) is 0 Å². The van der Waals surface area contributed by atoms with Gasteiger partial charge in [0.25, 0.3) is 5.91 Å². The van der Waals surface area contributed by atoms with Crippen LogP contribution in [0.3, 0.4) is 0 Å². The number of hydrogen-bond acceptors (Lipinski definition) is 5. The molecule has 2 rings (SSSR count). The van der Waals surface area contributed by atoms with E-state index in [-0.39, 0.29) is 36.7 Å². The first-order valence-electron chi connectivity index (χ1n) is 9.81. The van der Waals surface area contributed by atoms with Crippen LogP contribution in [0.25, 0.3) is 0 Å². The van der Waals surface area contributed by atoms with Crippen LogP contribution < -0.4 is 5.32 Å². The van der Waals surface area contributed by atoms with E-state index in [1.54, 1.807) is 23.6 Å². The Bertz CT molecular complexity index is 727. The van der Waals surface area contributed by atoms with Crippen LogP contribution in [0.5, 0.6) is 0 Å². The predicted octanol–water partition coefficient (Wildman–Crippen LogP) is 0.604. The van der Waals surface area contributed by atoms with Gasteiger partial charge in [0, 0.05) is 33.1 Å². The van der Waals surface area contributed by atoms with Crippen LogP contribution in [-0.2, 0) is 30.3 Å². The number of nitrogens with one attached hydrogen (secondary N) is 1. The Kier molecular flexibility index (Phi) is 8.18. The third kappa shape index (κ3) is 6.89. The van der Waals surface area contributed by atoms with Gasteiger partial charge in [0.05, 0.1) is 6.42 Å². The van der Waals surface area contributed by atoms with Gasteiger partial charge >= 0.3 is 5.97 Å². The third-order valence-electron chi connectivity index (χ3n) is 4.86. The van der Waals surface area contributed by atoms with Crippen molar-refractivity contribution in [2.45, 2.75) is 33.2 Å². The maximum atomic E-state index is 12.4. The molecule has 1 aliphatic rings. The lowest BCUT2D eigenvalue weighted by Gasteiger charge is -2.34. The summed E-state index contributed by atoms with van der Waals surface area (Å²) in [6.45, 7) is 6.50. The largest absolute Gasteiger partial charge is 0.454 e. The summed E-state index contributed by atoms with van der Waals surface area (Å²) in [5.74, 6) is -1.42. The fourth-order valence-corrected chi connectivity index (χ4v) is 3.09. The van der Waals surface area contributed by atoms with Crippen LogP contribution in [-0.4, -0.2) is 72.3 Å². The predicted molar refractivity (Wildman–Crippen MR) is 107 cm³/mol. The zero-order chi connectivity index (χ0) is 21.4. The highest BCUT2D eigenvalue weighted by Gasteiger charge is 2.28. The number of nitrogens with zero attached hydrogens (tertiary/aromatic N) is 2.